The van der Waals surface area contributed by atoms with Crippen molar-refractivity contribution >= 4 is 18.7 Å². The van der Waals surface area contributed by atoms with Gasteiger partial charge in [-0.1, -0.05) is 6.42 Å². The van der Waals surface area contributed by atoms with E-state index in [0.717, 1.165) is 25.8 Å². The Labute approximate surface area is 60.8 Å². The molecule has 2 nitrogen and oxygen atoms in total. The molecule has 0 N–H and O–H groups in total. The van der Waals surface area contributed by atoms with Gasteiger partial charge in [0.25, 0.3) is 0 Å². The van der Waals surface area contributed by atoms with Crippen LogP contribution in [0.5, 0.6) is 0 Å². The molecular formula is C6H10NOS-. The fourth-order valence-electron chi connectivity index (χ4n) is 0.958. The van der Waals surface area contributed by atoms with E-state index in [4.69, 9.17) is 12.8 Å². The Morgan fingerprint density at radius 3 is 2.89 bits per heavy atom. The fraction of sp³-hybridized carbons (Fsp3) is 0.833. The van der Waals surface area contributed by atoms with Crippen LogP contribution >= 0.6 is 0 Å². The minimum Gasteiger partial charge on any atom is -0.664 e. The summed E-state index contributed by atoms with van der Waals surface area (Å²) in [5.41, 5.74) is 0. The molecule has 1 amide bonds. The molecule has 0 saturated carbocycles. The molecule has 0 aromatic rings. The van der Waals surface area contributed by atoms with Crippen molar-refractivity contribution in [3.05, 3.63) is 0 Å². The van der Waals surface area contributed by atoms with Crippen molar-refractivity contribution in [1.29, 1.82) is 0 Å². The Balaban J connectivity index is 2.41. The summed E-state index contributed by atoms with van der Waals surface area (Å²) in [6.07, 6.45) is 3.91. The molecule has 0 aliphatic carbocycles. The predicted molar refractivity (Wildman–Crippen MR) is 37.5 cm³/mol. The van der Waals surface area contributed by atoms with Gasteiger partial charge in [-0.15, -0.1) is 0 Å². The molecule has 3 heteroatoms. The number of carbonyl (C=O) groups is 1. The van der Waals surface area contributed by atoms with Crippen LogP contribution in [0.4, 0.5) is 0 Å². The van der Waals surface area contributed by atoms with Gasteiger partial charge in [0.15, 0.2) is 5.91 Å². The summed E-state index contributed by atoms with van der Waals surface area (Å²) in [4.78, 5) is 10.8. The van der Waals surface area contributed by atoms with Gasteiger partial charge in [0.1, 0.15) is 0 Å². The van der Waals surface area contributed by atoms with E-state index in [1.807, 2.05) is 0 Å². The van der Waals surface area contributed by atoms with E-state index in [1.165, 1.54) is 4.31 Å². The van der Waals surface area contributed by atoms with Gasteiger partial charge in [-0.05, 0) is 19.4 Å². The van der Waals surface area contributed by atoms with Crippen LogP contribution in [0.3, 0.4) is 0 Å². The Hall–Kier alpha value is -0.180. The number of carbonyl (C=O) groups excluding carboxylic acids is 1. The highest BCUT2D eigenvalue weighted by Crippen LogP contribution is 2.08. The van der Waals surface area contributed by atoms with Crippen molar-refractivity contribution in [2.75, 3.05) is 6.54 Å². The van der Waals surface area contributed by atoms with Crippen molar-refractivity contribution < 1.29 is 4.79 Å². The highest BCUT2D eigenvalue weighted by Gasteiger charge is 2.05. The number of hydrogen-bond donors (Lipinski definition) is 0. The summed E-state index contributed by atoms with van der Waals surface area (Å²) in [5.74, 6) is 0.127. The maximum atomic E-state index is 10.8. The first-order valence-corrected chi connectivity index (χ1v) is 3.65. The molecule has 0 radical (unpaired) electrons. The van der Waals surface area contributed by atoms with Crippen LogP contribution in [0, 0.1) is 0 Å². The predicted octanol–water partition coefficient (Wildman–Crippen LogP) is 0.851. The van der Waals surface area contributed by atoms with Gasteiger partial charge in [-0.25, -0.2) is 0 Å². The van der Waals surface area contributed by atoms with E-state index < -0.39 is 0 Å². The Bertz CT molecular complexity index is 116. The average molecular weight is 144 g/mol. The first-order valence-electron chi connectivity index (χ1n) is 3.28. The SMILES string of the molecule is O=C1CCCCCN1[S-]. The number of hydrogen-bond acceptors (Lipinski definition) is 2. The van der Waals surface area contributed by atoms with E-state index in [2.05, 4.69) is 0 Å². The Morgan fingerprint density at radius 1 is 1.33 bits per heavy atom. The van der Waals surface area contributed by atoms with Crippen LogP contribution in [-0.4, -0.2) is 16.8 Å². The molecule has 52 valence electrons. The topological polar surface area (TPSA) is 20.3 Å². The van der Waals surface area contributed by atoms with Crippen molar-refractivity contribution in [2.24, 2.45) is 0 Å². The molecule has 1 heterocycles. The van der Waals surface area contributed by atoms with Crippen LogP contribution in [0.1, 0.15) is 25.7 Å². The lowest BCUT2D eigenvalue weighted by Crippen LogP contribution is -2.23. The van der Waals surface area contributed by atoms with Gasteiger partial charge < -0.3 is 17.1 Å². The third kappa shape index (κ3) is 1.90. The first-order chi connectivity index (χ1) is 4.30. The maximum absolute atomic E-state index is 10.8. The lowest BCUT2D eigenvalue weighted by atomic mass is 10.2. The standard InChI is InChI=1S/C6H10NOS/c8-6-4-2-1-3-5-7(6)9/h1-5H2/q-1. The Kier molecular flexibility index (Phi) is 2.39. The van der Waals surface area contributed by atoms with E-state index in [1.54, 1.807) is 0 Å². The number of rotatable bonds is 0. The molecule has 0 spiro atoms. The molecule has 0 aromatic carbocycles. The summed E-state index contributed by atoms with van der Waals surface area (Å²) in [7, 11) is 0. The molecule has 9 heavy (non-hydrogen) atoms. The van der Waals surface area contributed by atoms with Gasteiger partial charge in [0.05, 0.1) is 0 Å². The van der Waals surface area contributed by atoms with Crippen LogP contribution < -0.4 is 0 Å². The summed E-state index contributed by atoms with van der Waals surface area (Å²) in [6.45, 7) is 0.772. The third-order valence-electron chi connectivity index (χ3n) is 1.53. The van der Waals surface area contributed by atoms with E-state index >= 15 is 0 Å². The second-order valence-electron chi connectivity index (χ2n) is 2.31. The van der Waals surface area contributed by atoms with Gasteiger partial charge in [-0.3, -0.25) is 4.79 Å². The second kappa shape index (κ2) is 3.11. The molecule has 1 aliphatic rings. The highest BCUT2D eigenvalue weighted by molar-refractivity contribution is 7.56. The molecule has 1 rings (SSSR count). The zero-order chi connectivity index (χ0) is 6.69. The van der Waals surface area contributed by atoms with Crippen LogP contribution in [0.2, 0.25) is 0 Å². The van der Waals surface area contributed by atoms with Gasteiger partial charge in [0.2, 0.25) is 0 Å². The molecule has 1 saturated heterocycles. The third-order valence-corrected chi connectivity index (χ3v) is 1.92. The molecule has 1 aliphatic heterocycles. The lowest BCUT2D eigenvalue weighted by Gasteiger charge is -2.26. The smallest absolute Gasteiger partial charge is 0.200 e. The fourth-order valence-corrected chi connectivity index (χ4v) is 1.18. The molecule has 0 aromatic heterocycles. The molecular weight excluding hydrogens is 134 g/mol. The second-order valence-corrected chi connectivity index (χ2v) is 2.75. The van der Waals surface area contributed by atoms with Crippen molar-refractivity contribution in [2.45, 2.75) is 25.7 Å². The van der Waals surface area contributed by atoms with Gasteiger partial charge in [0, 0.05) is 6.42 Å². The summed E-state index contributed by atoms with van der Waals surface area (Å²) in [5, 5.41) is 0. The van der Waals surface area contributed by atoms with E-state index in [-0.39, 0.29) is 5.91 Å². The molecule has 0 unspecified atom stereocenters. The normalized spacial score (nSPS) is 21.9. The maximum Gasteiger partial charge on any atom is 0.200 e. The summed E-state index contributed by atoms with van der Waals surface area (Å²) >= 11 is 4.78. The van der Waals surface area contributed by atoms with E-state index in [9.17, 15) is 4.79 Å². The van der Waals surface area contributed by atoms with Gasteiger partial charge >= 0.3 is 0 Å². The van der Waals surface area contributed by atoms with Crippen molar-refractivity contribution in [1.82, 2.24) is 4.31 Å². The summed E-state index contributed by atoms with van der Waals surface area (Å²) in [6, 6.07) is 0. The Morgan fingerprint density at radius 2 is 2.11 bits per heavy atom. The zero-order valence-electron chi connectivity index (χ0n) is 5.30. The molecule has 0 atom stereocenters. The number of nitrogens with zero attached hydrogens (tertiary/aromatic N) is 1. The van der Waals surface area contributed by atoms with Crippen molar-refractivity contribution in [3.63, 3.8) is 0 Å². The van der Waals surface area contributed by atoms with Crippen molar-refractivity contribution in [3.8, 4) is 0 Å². The van der Waals surface area contributed by atoms with Gasteiger partial charge in [-0.2, -0.15) is 0 Å². The molecule has 1 fully saturated rings. The highest BCUT2D eigenvalue weighted by atomic mass is 32.1. The largest absolute Gasteiger partial charge is 0.664 e. The van der Waals surface area contributed by atoms with Crippen LogP contribution in [-0.2, 0) is 17.6 Å². The lowest BCUT2D eigenvalue weighted by molar-refractivity contribution is -0.125. The van der Waals surface area contributed by atoms with Crippen LogP contribution in [0.15, 0.2) is 0 Å². The number of amides is 1. The summed E-state index contributed by atoms with van der Waals surface area (Å²) < 4.78 is 1.41. The van der Waals surface area contributed by atoms with E-state index in [0.29, 0.717) is 6.42 Å². The quantitative estimate of drug-likeness (QED) is 0.470. The minimum absolute atomic E-state index is 0.127. The monoisotopic (exact) mass is 144 g/mol. The minimum atomic E-state index is 0.127. The molecule has 0 bridgehead atoms. The zero-order valence-corrected chi connectivity index (χ0v) is 6.12. The average Bonchev–Trinajstić information content (AvgIpc) is 1.99. The van der Waals surface area contributed by atoms with Crippen LogP contribution in [0.25, 0.3) is 0 Å². The first kappa shape index (κ1) is 6.93.